The molecule has 0 saturated carbocycles. The first kappa shape index (κ1) is 11.7. The Kier molecular flexibility index (Phi) is 3.17. The summed E-state index contributed by atoms with van der Waals surface area (Å²) in [6, 6.07) is 4.67. The van der Waals surface area contributed by atoms with Crippen LogP contribution in [0.4, 0.5) is 15.8 Å². The lowest BCUT2D eigenvalue weighted by atomic mass is 10.1. The molecule has 5 heteroatoms. The standard InChI is InChI=1S/C12H16FN3O/c13-10-6-9(14)1-2-11(10)16-4-3-8(7-16)5-12(15)17/h1-2,6,8H,3-5,7,14H2,(H2,15,17). The topological polar surface area (TPSA) is 72.4 Å². The van der Waals surface area contributed by atoms with Gasteiger partial charge in [0.1, 0.15) is 5.82 Å². The molecule has 0 aromatic heterocycles. The second-order valence-corrected chi connectivity index (χ2v) is 4.48. The first-order valence-electron chi connectivity index (χ1n) is 5.64. The van der Waals surface area contributed by atoms with Gasteiger partial charge in [0, 0.05) is 25.2 Å². The SMILES string of the molecule is NC(=O)CC1CCN(c2ccc(N)cc2F)C1. The number of nitrogens with two attached hydrogens (primary N) is 2. The van der Waals surface area contributed by atoms with Crippen molar-refractivity contribution in [3.63, 3.8) is 0 Å². The second-order valence-electron chi connectivity index (χ2n) is 4.48. The van der Waals surface area contributed by atoms with Crippen LogP contribution in [0.3, 0.4) is 0 Å². The number of rotatable bonds is 3. The van der Waals surface area contributed by atoms with E-state index in [1.165, 1.54) is 6.07 Å². The van der Waals surface area contributed by atoms with Crippen molar-refractivity contribution in [2.75, 3.05) is 23.7 Å². The van der Waals surface area contributed by atoms with Crippen LogP contribution in [-0.4, -0.2) is 19.0 Å². The highest BCUT2D eigenvalue weighted by molar-refractivity contribution is 5.74. The third-order valence-corrected chi connectivity index (χ3v) is 3.09. The van der Waals surface area contributed by atoms with E-state index in [9.17, 15) is 9.18 Å². The van der Waals surface area contributed by atoms with Crippen molar-refractivity contribution in [2.24, 2.45) is 11.7 Å². The van der Waals surface area contributed by atoms with Gasteiger partial charge in [0.25, 0.3) is 0 Å². The van der Waals surface area contributed by atoms with Crippen molar-refractivity contribution in [3.05, 3.63) is 24.0 Å². The number of anilines is 2. The first-order chi connectivity index (χ1) is 8.06. The van der Waals surface area contributed by atoms with Gasteiger partial charge in [0.15, 0.2) is 0 Å². The molecule has 17 heavy (non-hydrogen) atoms. The van der Waals surface area contributed by atoms with Crippen molar-refractivity contribution in [2.45, 2.75) is 12.8 Å². The summed E-state index contributed by atoms with van der Waals surface area (Å²) >= 11 is 0. The Hall–Kier alpha value is -1.78. The fourth-order valence-electron chi connectivity index (χ4n) is 2.28. The summed E-state index contributed by atoms with van der Waals surface area (Å²) in [5, 5.41) is 0. The normalized spacial score (nSPS) is 19.6. The van der Waals surface area contributed by atoms with Crippen molar-refractivity contribution in [1.29, 1.82) is 0 Å². The molecule has 92 valence electrons. The van der Waals surface area contributed by atoms with E-state index < -0.39 is 0 Å². The van der Waals surface area contributed by atoms with Crippen molar-refractivity contribution >= 4 is 17.3 Å². The second kappa shape index (κ2) is 4.61. The Morgan fingerprint density at radius 2 is 2.29 bits per heavy atom. The van der Waals surface area contributed by atoms with Crippen LogP contribution in [0.25, 0.3) is 0 Å². The number of nitrogens with zero attached hydrogens (tertiary/aromatic N) is 1. The number of hydrogen-bond acceptors (Lipinski definition) is 3. The molecule has 1 aliphatic rings. The molecule has 1 fully saturated rings. The van der Waals surface area contributed by atoms with Crippen molar-refractivity contribution < 1.29 is 9.18 Å². The lowest BCUT2D eigenvalue weighted by Crippen LogP contribution is -2.23. The highest BCUT2D eigenvalue weighted by Crippen LogP contribution is 2.28. The Balaban J connectivity index is 2.07. The van der Waals surface area contributed by atoms with Crippen LogP contribution >= 0.6 is 0 Å². The first-order valence-corrected chi connectivity index (χ1v) is 5.64. The molecule has 0 spiro atoms. The number of amides is 1. The van der Waals surface area contributed by atoms with Crippen LogP contribution in [-0.2, 0) is 4.79 Å². The molecule has 1 aliphatic heterocycles. The number of primary amides is 1. The lowest BCUT2D eigenvalue weighted by Gasteiger charge is -2.19. The zero-order valence-electron chi connectivity index (χ0n) is 9.53. The van der Waals surface area contributed by atoms with Crippen LogP contribution < -0.4 is 16.4 Å². The maximum atomic E-state index is 13.7. The summed E-state index contributed by atoms with van der Waals surface area (Å²) in [5.41, 5.74) is 11.6. The van der Waals surface area contributed by atoms with E-state index in [-0.39, 0.29) is 17.6 Å². The minimum absolute atomic E-state index is 0.226. The molecule has 1 saturated heterocycles. The monoisotopic (exact) mass is 237 g/mol. The largest absolute Gasteiger partial charge is 0.399 e. The lowest BCUT2D eigenvalue weighted by molar-refractivity contribution is -0.118. The minimum atomic E-state index is -0.315. The van der Waals surface area contributed by atoms with Crippen molar-refractivity contribution in [3.8, 4) is 0 Å². The van der Waals surface area contributed by atoms with Gasteiger partial charge in [-0.2, -0.15) is 0 Å². The Morgan fingerprint density at radius 3 is 2.94 bits per heavy atom. The zero-order chi connectivity index (χ0) is 12.4. The summed E-state index contributed by atoms with van der Waals surface area (Å²) < 4.78 is 13.7. The van der Waals surface area contributed by atoms with Crippen molar-refractivity contribution in [1.82, 2.24) is 0 Å². The molecule has 2 rings (SSSR count). The molecule has 1 amide bonds. The number of nitrogen functional groups attached to an aromatic ring is 1. The summed E-state index contributed by atoms with van der Waals surface area (Å²) in [5.74, 6) is -0.385. The molecule has 4 nitrogen and oxygen atoms in total. The van der Waals surface area contributed by atoms with Crippen LogP contribution in [0.2, 0.25) is 0 Å². The molecule has 0 bridgehead atoms. The highest BCUT2D eigenvalue weighted by Gasteiger charge is 2.25. The smallest absolute Gasteiger partial charge is 0.217 e. The van der Waals surface area contributed by atoms with Crippen LogP contribution in [0.1, 0.15) is 12.8 Å². The average molecular weight is 237 g/mol. The maximum Gasteiger partial charge on any atom is 0.217 e. The van der Waals surface area contributed by atoms with E-state index >= 15 is 0 Å². The van der Waals surface area contributed by atoms with E-state index in [1.807, 2.05) is 4.90 Å². The van der Waals surface area contributed by atoms with Gasteiger partial charge in [-0.15, -0.1) is 0 Å². The molecule has 1 unspecified atom stereocenters. The fraction of sp³-hybridized carbons (Fsp3) is 0.417. The Bertz CT molecular complexity index is 436. The number of halogens is 1. The van der Waals surface area contributed by atoms with E-state index in [2.05, 4.69) is 0 Å². The van der Waals surface area contributed by atoms with Gasteiger partial charge in [-0.3, -0.25) is 4.79 Å². The Morgan fingerprint density at radius 1 is 1.53 bits per heavy atom. The molecule has 1 heterocycles. The van der Waals surface area contributed by atoms with Gasteiger partial charge in [0.05, 0.1) is 5.69 Å². The van der Waals surface area contributed by atoms with Crippen LogP contribution in [0.15, 0.2) is 18.2 Å². The predicted octanol–water partition coefficient (Wildman–Crippen LogP) is 1.11. The van der Waals surface area contributed by atoms with Gasteiger partial charge >= 0.3 is 0 Å². The van der Waals surface area contributed by atoms with E-state index in [4.69, 9.17) is 11.5 Å². The van der Waals surface area contributed by atoms with E-state index in [0.29, 0.717) is 24.3 Å². The minimum Gasteiger partial charge on any atom is -0.399 e. The zero-order valence-corrected chi connectivity index (χ0v) is 9.53. The average Bonchev–Trinajstić information content (AvgIpc) is 2.65. The number of carbonyl (C=O) groups is 1. The predicted molar refractivity (Wildman–Crippen MR) is 64.9 cm³/mol. The molecular weight excluding hydrogens is 221 g/mol. The summed E-state index contributed by atoms with van der Waals surface area (Å²) in [6.07, 6.45) is 1.24. The van der Waals surface area contributed by atoms with Crippen LogP contribution in [0, 0.1) is 11.7 Å². The molecule has 1 aromatic carbocycles. The summed E-state index contributed by atoms with van der Waals surface area (Å²) in [4.78, 5) is 12.8. The van der Waals surface area contributed by atoms with Gasteiger partial charge in [-0.05, 0) is 30.5 Å². The number of benzene rings is 1. The number of carbonyl (C=O) groups excluding carboxylic acids is 1. The summed E-state index contributed by atoms with van der Waals surface area (Å²) in [6.45, 7) is 1.42. The molecule has 0 radical (unpaired) electrons. The fourth-order valence-corrected chi connectivity index (χ4v) is 2.28. The van der Waals surface area contributed by atoms with Gasteiger partial charge in [0.2, 0.25) is 5.91 Å². The molecule has 1 aromatic rings. The van der Waals surface area contributed by atoms with E-state index in [1.54, 1.807) is 12.1 Å². The molecule has 1 atom stereocenters. The van der Waals surface area contributed by atoms with Gasteiger partial charge in [-0.25, -0.2) is 4.39 Å². The Labute approximate surface area is 99.4 Å². The highest BCUT2D eigenvalue weighted by atomic mass is 19.1. The quantitative estimate of drug-likeness (QED) is 0.773. The molecular formula is C12H16FN3O. The van der Waals surface area contributed by atoms with Gasteiger partial charge < -0.3 is 16.4 Å². The van der Waals surface area contributed by atoms with Gasteiger partial charge in [-0.1, -0.05) is 0 Å². The molecule has 0 aliphatic carbocycles. The third-order valence-electron chi connectivity index (χ3n) is 3.09. The molecule has 4 N–H and O–H groups in total. The van der Waals surface area contributed by atoms with E-state index in [0.717, 1.165) is 13.0 Å². The van der Waals surface area contributed by atoms with Crippen LogP contribution in [0.5, 0.6) is 0 Å². The summed E-state index contributed by atoms with van der Waals surface area (Å²) in [7, 11) is 0. The number of hydrogen-bond donors (Lipinski definition) is 2. The third kappa shape index (κ3) is 2.67. The maximum absolute atomic E-state index is 13.7.